The molecular weight excluding hydrogens is 236 g/mol. The van der Waals surface area contributed by atoms with Gasteiger partial charge in [-0.1, -0.05) is 26.2 Å². The lowest BCUT2D eigenvalue weighted by atomic mass is 9.77. The molecule has 1 aliphatic rings. The van der Waals surface area contributed by atoms with Crippen molar-refractivity contribution in [1.82, 2.24) is 0 Å². The summed E-state index contributed by atoms with van der Waals surface area (Å²) in [5.74, 6) is 1.43. The van der Waals surface area contributed by atoms with Crippen LogP contribution in [0.2, 0.25) is 0 Å². The van der Waals surface area contributed by atoms with Gasteiger partial charge in [0.15, 0.2) is 0 Å². The second-order valence-corrected chi connectivity index (χ2v) is 7.24. The van der Waals surface area contributed by atoms with Crippen LogP contribution in [0.3, 0.4) is 0 Å². The zero-order valence-electron chi connectivity index (χ0n) is 9.12. The fourth-order valence-electron chi connectivity index (χ4n) is 1.75. The van der Waals surface area contributed by atoms with E-state index in [0.717, 1.165) is 12.5 Å². The molecule has 0 amide bonds. The molecule has 0 aromatic rings. The first-order valence-electron chi connectivity index (χ1n) is 5.49. The van der Waals surface area contributed by atoms with E-state index >= 15 is 0 Å². The molecule has 0 N–H and O–H groups in total. The van der Waals surface area contributed by atoms with Crippen molar-refractivity contribution in [1.29, 1.82) is 0 Å². The van der Waals surface area contributed by atoms with Crippen LogP contribution in [0, 0.1) is 11.8 Å². The molecule has 0 radical (unpaired) electrons. The Morgan fingerprint density at radius 3 is 2.60 bits per heavy atom. The molecule has 0 bridgehead atoms. The second-order valence-electron chi connectivity index (χ2n) is 4.34. The minimum absolute atomic E-state index is 0.00631. The molecule has 0 spiro atoms. The van der Waals surface area contributed by atoms with Crippen LogP contribution in [0.15, 0.2) is 0 Å². The minimum Gasteiger partial charge on any atom is -0.381 e. The molecule has 90 valence electrons. The van der Waals surface area contributed by atoms with Crippen molar-refractivity contribution in [3.05, 3.63) is 0 Å². The van der Waals surface area contributed by atoms with Crippen LogP contribution in [0.5, 0.6) is 0 Å². The number of hydrogen-bond acceptors (Lipinski definition) is 3. The van der Waals surface area contributed by atoms with Gasteiger partial charge in [-0.05, 0) is 18.3 Å². The first kappa shape index (κ1) is 13.3. The third-order valence-corrected chi connectivity index (χ3v) is 4.25. The molecule has 0 saturated heterocycles. The molecule has 0 heterocycles. The quantitative estimate of drug-likeness (QED) is 0.518. The zero-order valence-corrected chi connectivity index (χ0v) is 10.7. The molecule has 1 atom stereocenters. The van der Waals surface area contributed by atoms with Gasteiger partial charge in [0.25, 0.3) is 0 Å². The van der Waals surface area contributed by atoms with Crippen LogP contribution in [0.25, 0.3) is 0 Å². The van der Waals surface area contributed by atoms with Crippen LogP contribution in [-0.2, 0) is 13.8 Å². The average molecular weight is 255 g/mol. The van der Waals surface area contributed by atoms with Crippen molar-refractivity contribution in [2.75, 3.05) is 19.0 Å². The van der Waals surface area contributed by atoms with Gasteiger partial charge < -0.3 is 4.74 Å². The number of rotatable bonds is 7. The van der Waals surface area contributed by atoms with Crippen LogP contribution in [0.4, 0.5) is 0 Å². The number of hydrogen-bond donors (Lipinski definition) is 0. The standard InChI is InChI=1S/C10H19ClO3S/c1-9(10-4-2-5-10)8-14-6-3-7-15(11,12)13/h9-10H,2-8H2,1H3. The molecule has 0 aromatic carbocycles. The first-order chi connectivity index (χ1) is 6.99. The number of ether oxygens (including phenoxy) is 1. The normalized spacial score (nSPS) is 19.9. The molecule has 1 saturated carbocycles. The summed E-state index contributed by atoms with van der Waals surface area (Å²) >= 11 is 0. The van der Waals surface area contributed by atoms with Crippen LogP contribution in [-0.4, -0.2) is 27.4 Å². The van der Waals surface area contributed by atoms with Gasteiger partial charge in [0.1, 0.15) is 0 Å². The van der Waals surface area contributed by atoms with Crippen molar-refractivity contribution >= 4 is 19.7 Å². The van der Waals surface area contributed by atoms with E-state index in [4.69, 9.17) is 15.4 Å². The summed E-state index contributed by atoms with van der Waals surface area (Å²) in [5.41, 5.74) is 0. The summed E-state index contributed by atoms with van der Waals surface area (Å²) in [6, 6.07) is 0. The maximum Gasteiger partial charge on any atom is 0.232 e. The van der Waals surface area contributed by atoms with Crippen molar-refractivity contribution in [3.8, 4) is 0 Å². The van der Waals surface area contributed by atoms with Gasteiger partial charge >= 0.3 is 0 Å². The fraction of sp³-hybridized carbons (Fsp3) is 1.00. The third kappa shape index (κ3) is 5.73. The molecule has 0 aliphatic heterocycles. The van der Waals surface area contributed by atoms with Gasteiger partial charge in [0.2, 0.25) is 9.05 Å². The van der Waals surface area contributed by atoms with E-state index in [1.165, 1.54) is 19.3 Å². The topological polar surface area (TPSA) is 43.4 Å². The SMILES string of the molecule is CC(COCCCS(=O)(=O)Cl)C1CCC1. The Hall–Kier alpha value is 0.200. The predicted octanol–water partition coefficient (Wildman–Crippen LogP) is 2.40. The highest BCUT2D eigenvalue weighted by Gasteiger charge is 2.23. The van der Waals surface area contributed by atoms with Crippen LogP contribution >= 0.6 is 10.7 Å². The Balaban J connectivity index is 1.96. The Labute approximate surface area is 96.6 Å². The first-order valence-corrected chi connectivity index (χ1v) is 7.97. The van der Waals surface area contributed by atoms with Gasteiger partial charge in [-0.25, -0.2) is 8.42 Å². The summed E-state index contributed by atoms with van der Waals surface area (Å²) in [7, 11) is 1.73. The smallest absolute Gasteiger partial charge is 0.232 e. The van der Waals surface area contributed by atoms with Crippen molar-refractivity contribution in [3.63, 3.8) is 0 Å². The Kier molecular flexibility index (Phi) is 5.36. The Bertz CT molecular complexity index is 272. The largest absolute Gasteiger partial charge is 0.381 e. The predicted molar refractivity (Wildman–Crippen MR) is 61.6 cm³/mol. The van der Waals surface area contributed by atoms with Crippen molar-refractivity contribution < 1.29 is 13.2 Å². The monoisotopic (exact) mass is 254 g/mol. The van der Waals surface area contributed by atoms with E-state index in [-0.39, 0.29) is 5.75 Å². The minimum atomic E-state index is -3.34. The molecule has 15 heavy (non-hydrogen) atoms. The molecule has 1 rings (SSSR count). The molecule has 1 aliphatic carbocycles. The lowest BCUT2D eigenvalue weighted by Crippen LogP contribution is -2.23. The molecular formula is C10H19ClO3S. The molecule has 3 nitrogen and oxygen atoms in total. The van der Waals surface area contributed by atoms with Gasteiger partial charge in [-0.15, -0.1) is 0 Å². The summed E-state index contributed by atoms with van der Waals surface area (Å²) < 4.78 is 26.6. The highest BCUT2D eigenvalue weighted by molar-refractivity contribution is 8.13. The van der Waals surface area contributed by atoms with E-state index < -0.39 is 9.05 Å². The second kappa shape index (κ2) is 6.06. The highest BCUT2D eigenvalue weighted by atomic mass is 35.7. The Morgan fingerprint density at radius 1 is 1.47 bits per heavy atom. The lowest BCUT2D eigenvalue weighted by Gasteiger charge is -2.31. The van der Waals surface area contributed by atoms with Crippen molar-refractivity contribution in [2.45, 2.75) is 32.6 Å². The fourth-order valence-corrected chi connectivity index (χ4v) is 2.54. The summed E-state index contributed by atoms with van der Waals surface area (Å²) in [5, 5.41) is 0. The average Bonchev–Trinajstić information content (AvgIpc) is 1.97. The van der Waals surface area contributed by atoms with Gasteiger partial charge in [0.05, 0.1) is 5.75 Å². The maximum atomic E-state index is 10.6. The van der Waals surface area contributed by atoms with E-state index in [1.807, 2.05) is 0 Å². The highest BCUT2D eigenvalue weighted by Crippen LogP contribution is 2.33. The van der Waals surface area contributed by atoms with Gasteiger partial charge in [-0.3, -0.25) is 0 Å². The Morgan fingerprint density at radius 2 is 2.13 bits per heavy atom. The van der Waals surface area contributed by atoms with Gasteiger partial charge in [-0.2, -0.15) is 0 Å². The molecule has 1 unspecified atom stereocenters. The maximum absolute atomic E-state index is 10.6. The van der Waals surface area contributed by atoms with Crippen LogP contribution in [0.1, 0.15) is 32.6 Å². The molecule has 0 aromatic heterocycles. The molecule has 1 fully saturated rings. The van der Waals surface area contributed by atoms with E-state index in [2.05, 4.69) is 6.92 Å². The van der Waals surface area contributed by atoms with Crippen LogP contribution < -0.4 is 0 Å². The van der Waals surface area contributed by atoms with E-state index in [9.17, 15) is 8.42 Å². The van der Waals surface area contributed by atoms with E-state index in [0.29, 0.717) is 18.9 Å². The van der Waals surface area contributed by atoms with Gasteiger partial charge in [0, 0.05) is 23.9 Å². The summed E-state index contributed by atoms with van der Waals surface area (Å²) in [6.07, 6.45) is 4.48. The summed E-state index contributed by atoms with van der Waals surface area (Å²) in [4.78, 5) is 0. The lowest BCUT2D eigenvalue weighted by molar-refractivity contribution is 0.0642. The molecule has 5 heteroatoms. The third-order valence-electron chi connectivity index (χ3n) is 3.01. The number of halogens is 1. The van der Waals surface area contributed by atoms with Crippen molar-refractivity contribution in [2.24, 2.45) is 11.8 Å². The zero-order chi connectivity index (χ0) is 11.3. The van der Waals surface area contributed by atoms with E-state index in [1.54, 1.807) is 0 Å². The summed E-state index contributed by atoms with van der Waals surface area (Å²) in [6.45, 7) is 3.43.